The highest BCUT2D eigenvalue weighted by Gasteiger charge is 2.41. The molecule has 2 fully saturated rings. The summed E-state index contributed by atoms with van der Waals surface area (Å²) in [4.78, 5) is 18.1. The van der Waals surface area contributed by atoms with Crippen LogP contribution in [0.15, 0.2) is 30.5 Å². The van der Waals surface area contributed by atoms with E-state index < -0.39 is 0 Å². The Kier molecular flexibility index (Phi) is 5.99. The lowest BCUT2D eigenvalue weighted by Gasteiger charge is -2.46. The summed E-state index contributed by atoms with van der Waals surface area (Å²) in [6.45, 7) is 3.51. The van der Waals surface area contributed by atoms with E-state index >= 15 is 0 Å². The lowest BCUT2D eigenvalue weighted by Crippen LogP contribution is -2.52. The predicted octanol–water partition coefficient (Wildman–Crippen LogP) is 2.91. The fourth-order valence-corrected chi connectivity index (χ4v) is 4.49. The quantitative estimate of drug-likeness (QED) is 0.776. The van der Waals surface area contributed by atoms with Gasteiger partial charge in [-0.25, -0.2) is 0 Å². The van der Waals surface area contributed by atoms with Gasteiger partial charge in [-0.3, -0.25) is 4.79 Å². The summed E-state index contributed by atoms with van der Waals surface area (Å²) in [7, 11) is 1.69. The fraction of sp³-hybridized carbons (Fsp3) is 0.591. The third-order valence-corrected chi connectivity index (χ3v) is 6.13. The Morgan fingerprint density at radius 3 is 2.93 bits per heavy atom. The number of carbonyl (C=O) groups is 1. The maximum Gasteiger partial charge on any atom is 0.227 e. The summed E-state index contributed by atoms with van der Waals surface area (Å²) >= 11 is 0. The summed E-state index contributed by atoms with van der Waals surface area (Å²) in [6.07, 6.45) is 6.27. The van der Waals surface area contributed by atoms with Crippen LogP contribution in [0.25, 0.3) is 10.9 Å². The molecule has 0 aliphatic carbocycles. The molecule has 0 radical (unpaired) electrons. The van der Waals surface area contributed by atoms with Crippen LogP contribution in [-0.4, -0.2) is 67.5 Å². The number of nitrogens with one attached hydrogen (secondary N) is 1. The molecule has 1 unspecified atom stereocenters. The molecule has 1 aromatic heterocycles. The topological polar surface area (TPSA) is 63.8 Å². The van der Waals surface area contributed by atoms with Crippen LogP contribution in [0.1, 0.15) is 31.2 Å². The third kappa shape index (κ3) is 4.24. The van der Waals surface area contributed by atoms with Gasteiger partial charge in [0, 0.05) is 50.3 Å². The monoisotopic (exact) mass is 386 g/mol. The SMILES string of the molecule is COCCOC1CCOC2(CCN(C(=O)Cc3c[nH]c4ccccc34)CC2)C1. The van der Waals surface area contributed by atoms with E-state index in [1.54, 1.807) is 7.11 Å². The largest absolute Gasteiger partial charge is 0.382 e. The first-order valence-corrected chi connectivity index (χ1v) is 10.3. The zero-order chi connectivity index (χ0) is 19.4. The van der Waals surface area contributed by atoms with Crippen molar-refractivity contribution in [2.75, 3.05) is 40.0 Å². The molecule has 3 heterocycles. The van der Waals surface area contributed by atoms with Crippen LogP contribution >= 0.6 is 0 Å². The van der Waals surface area contributed by atoms with E-state index in [1.165, 1.54) is 0 Å². The van der Waals surface area contributed by atoms with Crippen LogP contribution in [0.3, 0.4) is 0 Å². The van der Waals surface area contributed by atoms with Gasteiger partial charge in [-0.15, -0.1) is 0 Å². The van der Waals surface area contributed by atoms with Crippen molar-refractivity contribution in [3.8, 4) is 0 Å². The average Bonchev–Trinajstić information content (AvgIpc) is 3.12. The Bertz CT molecular complexity index is 795. The highest BCUT2D eigenvalue weighted by Crippen LogP contribution is 2.36. The molecule has 1 spiro atoms. The van der Waals surface area contributed by atoms with Crippen molar-refractivity contribution in [2.45, 2.75) is 43.8 Å². The van der Waals surface area contributed by atoms with E-state index in [0.29, 0.717) is 19.6 Å². The highest BCUT2D eigenvalue weighted by atomic mass is 16.5. The number of aromatic amines is 1. The minimum atomic E-state index is -0.131. The van der Waals surface area contributed by atoms with Crippen molar-refractivity contribution in [3.63, 3.8) is 0 Å². The molecule has 1 aromatic carbocycles. The number of hydrogen-bond donors (Lipinski definition) is 1. The second-order valence-electron chi connectivity index (χ2n) is 7.93. The molecule has 1 amide bonds. The van der Waals surface area contributed by atoms with Gasteiger partial charge in [-0.1, -0.05) is 18.2 Å². The average molecular weight is 386 g/mol. The van der Waals surface area contributed by atoms with Crippen LogP contribution in [0.2, 0.25) is 0 Å². The van der Waals surface area contributed by atoms with E-state index in [-0.39, 0.29) is 17.6 Å². The number of para-hydroxylation sites is 1. The smallest absolute Gasteiger partial charge is 0.227 e. The molecule has 28 heavy (non-hydrogen) atoms. The second kappa shape index (κ2) is 8.64. The van der Waals surface area contributed by atoms with Crippen molar-refractivity contribution in [2.24, 2.45) is 0 Å². The first kappa shape index (κ1) is 19.4. The zero-order valence-electron chi connectivity index (χ0n) is 16.6. The molecule has 2 saturated heterocycles. The van der Waals surface area contributed by atoms with Crippen LogP contribution in [-0.2, 0) is 25.4 Å². The lowest BCUT2D eigenvalue weighted by molar-refractivity contribution is -0.162. The summed E-state index contributed by atoms with van der Waals surface area (Å²) in [6, 6.07) is 8.13. The molecule has 0 saturated carbocycles. The van der Waals surface area contributed by atoms with Gasteiger partial charge in [0.25, 0.3) is 0 Å². The Hall–Kier alpha value is -1.89. The predicted molar refractivity (Wildman–Crippen MR) is 107 cm³/mol. The number of amides is 1. The Balaban J connectivity index is 1.31. The minimum absolute atomic E-state index is 0.131. The molecular weight excluding hydrogens is 356 g/mol. The van der Waals surface area contributed by atoms with E-state index in [4.69, 9.17) is 14.2 Å². The number of benzene rings is 1. The van der Waals surface area contributed by atoms with Crippen molar-refractivity contribution in [1.82, 2.24) is 9.88 Å². The van der Waals surface area contributed by atoms with Crippen LogP contribution < -0.4 is 0 Å². The van der Waals surface area contributed by atoms with Gasteiger partial charge in [-0.2, -0.15) is 0 Å². The number of likely N-dealkylation sites (tertiary alicyclic amines) is 1. The number of fused-ring (bicyclic) bond motifs is 1. The van der Waals surface area contributed by atoms with Crippen molar-refractivity contribution >= 4 is 16.8 Å². The number of methoxy groups -OCH3 is 1. The molecule has 6 heteroatoms. The molecule has 1 atom stereocenters. The fourth-order valence-electron chi connectivity index (χ4n) is 4.49. The van der Waals surface area contributed by atoms with Crippen LogP contribution in [0, 0.1) is 0 Å². The molecule has 4 rings (SSSR count). The van der Waals surface area contributed by atoms with Gasteiger partial charge in [0.1, 0.15) is 0 Å². The number of hydrogen-bond acceptors (Lipinski definition) is 4. The number of H-pyrrole nitrogens is 1. The molecule has 2 aliphatic rings. The Morgan fingerprint density at radius 2 is 2.11 bits per heavy atom. The number of ether oxygens (including phenoxy) is 3. The van der Waals surface area contributed by atoms with Gasteiger partial charge in [-0.05, 0) is 30.9 Å². The number of aromatic nitrogens is 1. The van der Waals surface area contributed by atoms with E-state index in [0.717, 1.165) is 61.8 Å². The molecule has 0 bridgehead atoms. The molecule has 2 aliphatic heterocycles. The van der Waals surface area contributed by atoms with Gasteiger partial charge in [0.05, 0.1) is 31.3 Å². The molecule has 1 N–H and O–H groups in total. The minimum Gasteiger partial charge on any atom is -0.382 e. The Labute approximate surface area is 166 Å². The van der Waals surface area contributed by atoms with Crippen LogP contribution in [0.5, 0.6) is 0 Å². The zero-order valence-corrected chi connectivity index (χ0v) is 16.6. The molecule has 152 valence electrons. The van der Waals surface area contributed by atoms with E-state index in [1.807, 2.05) is 29.3 Å². The summed E-state index contributed by atoms with van der Waals surface area (Å²) in [5.74, 6) is 0.198. The molecule has 2 aromatic rings. The lowest BCUT2D eigenvalue weighted by atomic mass is 9.83. The maximum atomic E-state index is 12.9. The summed E-state index contributed by atoms with van der Waals surface area (Å²) in [5.41, 5.74) is 2.02. The highest BCUT2D eigenvalue weighted by molar-refractivity contribution is 5.88. The van der Waals surface area contributed by atoms with Gasteiger partial charge >= 0.3 is 0 Å². The second-order valence-corrected chi connectivity index (χ2v) is 7.93. The first-order chi connectivity index (χ1) is 13.7. The van der Waals surface area contributed by atoms with Gasteiger partial charge < -0.3 is 24.1 Å². The third-order valence-electron chi connectivity index (χ3n) is 6.13. The van der Waals surface area contributed by atoms with Gasteiger partial charge in [0.2, 0.25) is 5.91 Å². The number of piperidine rings is 1. The summed E-state index contributed by atoms with van der Waals surface area (Å²) in [5, 5.41) is 1.14. The normalized spacial score (nSPS) is 22.0. The molecular formula is C22H30N2O4. The van der Waals surface area contributed by atoms with E-state index in [2.05, 4.69) is 11.1 Å². The van der Waals surface area contributed by atoms with E-state index in [9.17, 15) is 4.79 Å². The maximum absolute atomic E-state index is 12.9. The van der Waals surface area contributed by atoms with Crippen molar-refractivity contribution < 1.29 is 19.0 Å². The van der Waals surface area contributed by atoms with Crippen molar-refractivity contribution in [3.05, 3.63) is 36.0 Å². The van der Waals surface area contributed by atoms with Crippen molar-refractivity contribution in [1.29, 1.82) is 0 Å². The summed E-state index contributed by atoms with van der Waals surface area (Å²) < 4.78 is 17.2. The first-order valence-electron chi connectivity index (χ1n) is 10.3. The van der Waals surface area contributed by atoms with Gasteiger partial charge in [0.15, 0.2) is 0 Å². The Morgan fingerprint density at radius 1 is 1.29 bits per heavy atom. The number of nitrogens with zero attached hydrogens (tertiary/aromatic N) is 1. The number of rotatable bonds is 6. The number of carbonyl (C=O) groups excluding carboxylic acids is 1. The standard InChI is InChI=1S/C22H30N2O4/c1-26-12-13-27-18-6-11-28-22(15-18)7-9-24(10-8-22)21(25)14-17-16-23-20-5-3-2-4-19(17)20/h2-5,16,18,23H,6-15H2,1H3. The van der Waals surface area contributed by atoms with Crippen LogP contribution in [0.4, 0.5) is 0 Å². The molecule has 6 nitrogen and oxygen atoms in total.